The summed E-state index contributed by atoms with van der Waals surface area (Å²) in [5.74, 6) is -1.42. The molecule has 1 aromatic heterocycles. The number of aliphatic hydroxyl groups is 1. The Morgan fingerprint density at radius 2 is 1.64 bits per heavy atom. The van der Waals surface area contributed by atoms with E-state index in [2.05, 4.69) is 10.3 Å². The number of esters is 2. The van der Waals surface area contributed by atoms with E-state index in [4.69, 9.17) is 52.2 Å². The van der Waals surface area contributed by atoms with Crippen LogP contribution in [0.25, 0.3) is 0 Å². The van der Waals surface area contributed by atoms with Gasteiger partial charge < -0.3 is 29.6 Å². The molecule has 218 valence electrons. The summed E-state index contributed by atoms with van der Waals surface area (Å²) < 4.78 is 47.5. The lowest BCUT2D eigenvalue weighted by Gasteiger charge is -2.34. The number of carbonyl (C=O) groups is 2. The summed E-state index contributed by atoms with van der Waals surface area (Å²) in [6.45, 7) is 8.27. The average molecular weight is 608 g/mol. The van der Waals surface area contributed by atoms with E-state index in [9.17, 15) is 19.3 Å². The Hall–Kier alpha value is -2.13. The second kappa shape index (κ2) is 11.8. The number of aromatic nitrogens is 2. The highest BCUT2D eigenvalue weighted by atomic mass is 32.1. The zero-order valence-corrected chi connectivity index (χ0v) is 25.1. The number of H-pyrrole nitrogens is 1. The summed E-state index contributed by atoms with van der Waals surface area (Å²) in [4.78, 5) is 27.0. The Bertz CT molecular complexity index is 1250. The zero-order valence-electron chi connectivity index (χ0n) is 22.6. The monoisotopic (exact) mass is 607 g/mol. The van der Waals surface area contributed by atoms with Gasteiger partial charge >= 0.3 is 19.8 Å². The maximum Gasteiger partial charge on any atom is 0.481 e. The van der Waals surface area contributed by atoms with E-state index in [1.54, 1.807) is 58.4 Å². The van der Waals surface area contributed by atoms with Gasteiger partial charge in [-0.2, -0.15) is 0 Å². The van der Waals surface area contributed by atoms with Gasteiger partial charge in [-0.05, 0) is 59.8 Å². The third-order valence-corrected chi connectivity index (χ3v) is 7.49. The van der Waals surface area contributed by atoms with Crippen LogP contribution >= 0.6 is 32.3 Å². The Labute approximate surface area is 236 Å². The van der Waals surface area contributed by atoms with Crippen LogP contribution in [0.2, 0.25) is 0 Å². The summed E-state index contributed by atoms with van der Waals surface area (Å²) in [6.07, 6.45) is 1.15. The van der Waals surface area contributed by atoms with Crippen LogP contribution in [0.3, 0.4) is 0 Å². The van der Waals surface area contributed by atoms with Crippen LogP contribution in [-0.2, 0) is 41.9 Å². The van der Waals surface area contributed by atoms with Gasteiger partial charge in [-0.25, -0.2) is 13.6 Å². The van der Waals surface area contributed by atoms with Gasteiger partial charge in [0.2, 0.25) is 13.6 Å². The van der Waals surface area contributed by atoms with E-state index in [1.807, 2.05) is 0 Å². The Morgan fingerprint density at radius 3 is 2.10 bits per heavy atom. The van der Waals surface area contributed by atoms with Crippen molar-refractivity contribution in [3.05, 3.63) is 33.2 Å². The number of aromatic amines is 1. The summed E-state index contributed by atoms with van der Waals surface area (Å²) in [7, 11) is -4.50. The number of rotatable bonds is 10. The molecule has 16 heteroatoms. The Morgan fingerprint density at radius 1 is 1.10 bits per heavy atom. The van der Waals surface area contributed by atoms with Gasteiger partial charge in [0.25, 0.3) is 0 Å². The fourth-order valence-electron chi connectivity index (χ4n) is 3.24. The van der Waals surface area contributed by atoms with Crippen molar-refractivity contribution in [2.75, 3.05) is 26.7 Å². The fourth-order valence-corrected chi connectivity index (χ4v) is 4.59. The molecule has 2 aliphatic heterocycles. The van der Waals surface area contributed by atoms with Crippen LogP contribution in [0.4, 0.5) is 0 Å². The molecule has 39 heavy (non-hydrogen) atoms. The maximum atomic E-state index is 13.3. The first-order valence-corrected chi connectivity index (χ1v) is 14.3. The van der Waals surface area contributed by atoms with Gasteiger partial charge in [-0.3, -0.25) is 18.7 Å². The molecule has 2 atom stereocenters. The van der Waals surface area contributed by atoms with Crippen molar-refractivity contribution in [3.63, 3.8) is 0 Å². The smallest absolute Gasteiger partial charge is 0.481 e. The van der Waals surface area contributed by atoms with Gasteiger partial charge in [0, 0.05) is 19.2 Å². The average Bonchev–Trinajstić information content (AvgIpc) is 3.57. The molecule has 3 N–H and O–H groups in total. The molecule has 0 aromatic carbocycles. The van der Waals surface area contributed by atoms with Crippen LogP contribution in [0.1, 0.15) is 54.2 Å². The summed E-state index contributed by atoms with van der Waals surface area (Å²) in [6, 6.07) is 1.65. The number of phosphoric ester groups is 1. The molecule has 0 radical (unpaired) electrons. The van der Waals surface area contributed by atoms with E-state index < -0.39 is 62.6 Å². The number of carbonyl (C=O) groups excluding carboxylic acids is 2. The minimum atomic E-state index is -4.50. The minimum Gasteiger partial charge on any atom is -0.509 e. The molecule has 1 aromatic rings. The highest BCUT2D eigenvalue weighted by molar-refractivity contribution is 7.72. The van der Waals surface area contributed by atoms with E-state index in [-0.39, 0.29) is 17.9 Å². The van der Waals surface area contributed by atoms with Crippen LogP contribution < -0.4 is 5.32 Å². The van der Waals surface area contributed by atoms with Crippen molar-refractivity contribution in [2.45, 2.75) is 59.7 Å². The lowest BCUT2D eigenvalue weighted by atomic mass is 9.98. The minimum absolute atomic E-state index is 0.0468. The fraction of sp³-hybridized carbons (Fsp3) is 0.652. The molecule has 13 nitrogen and oxygen atoms in total. The van der Waals surface area contributed by atoms with Gasteiger partial charge in [0.15, 0.2) is 16.8 Å². The molecule has 0 amide bonds. The topological polar surface area (TPSA) is 169 Å². The number of aliphatic hydroxyl groups excluding tert-OH is 1. The SMILES string of the molecule is CC(C)(C)C(=O)OCOP(=O)(OCOC(=O)C(C)(C)C)OCC1=C(O)CC2(CN2)[C@H](n2ccc(=S)[nH]c2=S)O1. The number of ether oxygens (including phenoxy) is 3. The third-order valence-electron chi connectivity index (χ3n) is 5.65. The number of hydrogen-bond acceptors (Lipinski definition) is 13. The molecule has 3 rings (SSSR count). The first-order chi connectivity index (χ1) is 18.0. The molecule has 1 saturated heterocycles. The number of nitrogens with zero attached hydrogens (tertiary/aromatic N) is 1. The van der Waals surface area contributed by atoms with Crippen molar-refractivity contribution in [3.8, 4) is 0 Å². The molecule has 0 aliphatic carbocycles. The molecular weight excluding hydrogens is 573 g/mol. The number of nitrogens with one attached hydrogen (secondary N) is 2. The first-order valence-electron chi connectivity index (χ1n) is 12.0. The van der Waals surface area contributed by atoms with Gasteiger partial charge in [-0.15, -0.1) is 0 Å². The summed E-state index contributed by atoms with van der Waals surface area (Å²) in [5.41, 5.74) is -2.29. The number of hydrogen-bond donors (Lipinski definition) is 3. The van der Waals surface area contributed by atoms with Crippen molar-refractivity contribution in [1.82, 2.24) is 14.9 Å². The second-order valence-corrected chi connectivity index (χ2v) is 13.6. The molecule has 1 spiro atoms. The van der Waals surface area contributed by atoms with Crippen molar-refractivity contribution in [1.29, 1.82) is 0 Å². The quantitative estimate of drug-likeness (QED) is 0.111. The molecule has 0 saturated carbocycles. The Balaban J connectivity index is 1.73. The van der Waals surface area contributed by atoms with Gasteiger partial charge in [0.1, 0.15) is 17.0 Å². The molecular formula is C23H34N3O10PS2. The van der Waals surface area contributed by atoms with Gasteiger partial charge in [0.05, 0.1) is 16.4 Å². The van der Waals surface area contributed by atoms with Crippen molar-refractivity contribution in [2.24, 2.45) is 10.8 Å². The standard InChI is InChI=1S/C23H34N3O10PS2/c1-21(2,3)18(28)31-12-34-37(30,35-13-32-19(29)22(4,5)6)33-10-15-14(27)9-23(11-24-23)17(36-15)26-8-7-16(38)25-20(26)39/h7-8,17,24,27H,9-13H2,1-6H3,(H,25,38,39)/t17-,23?/m1/s1. The lowest BCUT2D eigenvalue weighted by Crippen LogP contribution is -2.38. The summed E-state index contributed by atoms with van der Waals surface area (Å²) >= 11 is 10.5. The number of phosphoric acid groups is 1. The van der Waals surface area contributed by atoms with E-state index in [0.717, 1.165) is 0 Å². The predicted molar refractivity (Wildman–Crippen MR) is 142 cm³/mol. The highest BCUT2D eigenvalue weighted by Gasteiger charge is 2.55. The van der Waals surface area contributed by atoms with Crippen LogP contribution in [-0.4, -0.2) is 58.9 Å². The maximum absolute atomic E-state index is 13.3. The normalized spacial score (nSPS) is 21.4. The van der Waals surface area contributed by atoms with Crippen molar-refractivity contribution >= 4 is 44.2 Å². The van der Waals surface area contributed by atoms with Crippen LogP contribution in [0.5, 0.6) is 0 Å². The lowest BCUT2D eigenvalue weighted by molar-refractivity contribution is -0.163. The molecule has 0 bridgehead atoms. The first kappa shape index (κ1) is 31.4. The predicted octanol–water partition coefficient (Wildman–Crippen LogP) is 4.56. The van der Waals surface area contributed by atoms with Crippen LogP contribution in [0.15, 0.2) is 23.8 Å². The second-order valence-electron chi connectivity index (χ2n) is 11.1. The van der Waals surface area contributed by atoms with Crippen LogP contribution in [0, 0.1) is 20.2 Å². The van der Waals surface area contributed by atoms with Crippen molar-refractivity contribution < 1.29 is 47.0 Å². The van der Waals surface area contributed by atoms with E-state index >= 15 is 0 Å². The molecule has 2 aliphatic rings. The molecule has 3 heterocycles. The molecule has 1 unspecified atom stereocenters. The third kappa shape index (κ3) is 8.19. The zero-order chi connectivity index (χ0) is 29.2. The largest absolute Gasteiger partial charge is 0.509 e. The summed E-state index contributed by atoms with van der Waals surface area (Å²) in [5, 5.41) is 13.9. The van der Waals surface area contributed by atoms with E-state index in [1.165, 1.54) is 0 Å². The van der Waals surface area contributed by atoms with Gasteiger partial charge in [-0.1, -0.05) is 12.2 Å². The van der Waals surface area contributed by atoms with E-state index in [0.29, 0.717) is 16.0 Å². The Kier molecular flexibility index (Phi) is 9.48. The highest BCUT2D eigenvalue weighted by Crippen LogP contribution is 2.51. The molecule has 1 fully saturated rings.